The van der Waals surface area contributed by atoms with E-state index >= 15 is 0 Å². The Bertz CT molecular complexity index is 724. The number of amides is 1. The molecule has 1 heterocycles. The lowest BCUT2D eigenvalue weighted by molar-refractivity contribution is -0.123. The van der Waals surface area contributed by atoms with Crippen molar-refractivity contribution in [2.45, 2.75) is 71.6 Å². The maximum absolute atomic E-state index is 12.3. The van der Waals surface area contributed by atoms with Gasteiger partial charge in [-0.05, 0) is 12.3 Å². The third-order valence-corrected chi connectivity index (χ3v) is 5.91. The number of carbonyl (C=O) groups is 1. The molecule has 0 radical (unpaired) electrons. The van der Waals surface area contributed by atoms with Crippen molar-refractivity contribution in [2.24, 2.45) is 11.7 Å². The predicted molar refractivity (Wildman–Crippen MR) is 102 cm³/mol. The first-order valence-corrected chi connectivity index (χ1v) is 10.9. The van der Waals surface area contributed by atoms with Crippen LogP contribution in [-0.4, -0.2) is 53.2 Å². The molecule has 3 unspecified atom stereocenters. The van der Waals surface area contributed by atoms with Gasteiger partial charge in [0.25, 0.3) is 5.89 Å². The third kappa shape index (κ3) is 7.19. The molecule has 9 nitrogen and oxygen atoms in total. The van der Waals surface area contributed by atoms with E-state index in [1.54, 1.807) is 20.8 Å². The molecule has 10 heteroatoms. The van der Waals surface area contributed by atoms with Crippen molar-refractivity contribution in [3.05, 3.63) is 11.7 Å². The maximum atomic E-state index is 12.3. The largest absolute Gasteiger partial charge is 0.381 e. The summed E-state index contributed by atoms with van der Waals surface area (Å²) in [6.45, 7) is 11.0. The van der Waals surface area contributed by atoms with E-state index in [4.69, 9.17) is 10.3 Å². The SMILES string of the molecule is CCC(NC(=O)C(N)CS(=O)(=O)CC(C)C)C(O)c1nc(C(C)(C)C)no1. The standard InChI is InChI=1S/C17H32N4O5S/c1-7-12(13(22)15-20-16(21-26-15)17(4,5)6)19-14(23)11(18)9-27(24,25)8-10(2)3/h10-13,22H,7-9,18H2,1-6H3,(H,19,23). The van der Waals surface area contributed by atoms with Crippen LogP contribution in [-0.2, 0) is 20.0 Å². The molecule has 1 aromatic heterocycles. The van der Waals surface area contributed by atoms with Crippen molar-refractivity contribution in [2.75, 3.05) is 11.5 Å². The van der Waals surface area contributed by atoms with Gasteiger partial charge in [0.15, 0.2) is 21.8 Å². The minimum Gasteiger partial charge on any atom is -0.381 e. The van der Waals surface area contributed by atoms with E-state index in [1.807, 2.05) is 20.8 Å². The minimum absolute atomic E-state index is 0.00641. The second-order valence-electron chi connectivity index (χ2n) is 8.25. The molecule has 0 saturated heterocycles. The molecule has 0 fully saturated rings. The molecule has 0 aliphatic carbocycles. The number of aliphatic hydroxyl groups is 1. The average molecular weight is 405 g/mol. The lowest BCUT2D eigenvalue weighted by atomic mass is 9.96. The monoisotopic (exact) mass is 404 g/mol. The Morgan fingerprint density at radius 1 is 1.30 bits per heavy atom. The summed E-state index contributed by atoms with van der Waals surface area (Å²) >= 11 is 0. The number of hydrogen-bond donors (Lipinski definition) is 3. The summed E-state index contributed by atoms with van der Waals surface area (Å²) in [6, 6.07) is -1.95. The first-order chi connectivity index (χ1) is 12.3. The molecule has 4 N–H and O–H groups in total. The smallest absolute Gasteiger partial charge is 0.257 e. The van der Waals surface area contributed by atoms with E-state index in [9.17, 15) is 18.3 Å². The Kier molecular flexibility index (Phi) is 7.94. The summed E-state index contributed by atoms with van der Waals surface area (Å²) in [5, 5.41) is 16.9. The van der Waals surface area contributed by atoms with E-state index in [1.165, 1.54) is 0 Å². The van der Waals surface area contributed by atoms with Crippen LogP contribution in [0.15, 0.2) is 4.52 Å². The van der Waals surface area contributed by atoms with Gasteiger partial charge in [-0.25, -0.2) is 8.42 Å². The van der Waals surface area contributed by atoms with Gasteiger partial charge in [0.2, 0.25) is 5.91 Å². The number of nitrogens with zero attached hydrogens (tertiary/aromatic N) is 2. The van der Waals surface area contributed by atoms with Crippen molar-refractivity contribution in [1.29, 1.82) is 0 Å². The Morgan fingerprint density at radius 3 is 2.33 bits per heavy atom. The van der Waals surface area contributed by atoms with E-state index < -0.39 is 39.7 Å². The van der Waals surface area contributed by atoms with Crippen LogP contribution >= 0.6 is 0 Å². The maximum Gasteiger partial charge on any atom is 0.257 e. The van der Waals surface area contributed by atoms with Crippen LogP contribution in [0.2, 0.25) is 0 Å². The quantitative estimate of drug-likeness (QED) is 0.544. The molecule has 0 bridgehead atoms. The predicted octanol–water partition coefficient (Wildman–Crippen LogP) is 0.693. The fourth-order valence-corrected chi connectivity index (χ4v) is 4.30. The third-order valence-electron chi connectivity index (χ3n) is 3.87. The van der Waals surface area contributed by atoms with Gasteiger partial charge in [-0.1, -0.05) is 46.7 Å². The van der Waals surface area contributed by atoms with Gasteiger partial charge in [0.1, 0.15) is 0 Å². The number of sulfone groups is 1. The first-order valence-electron chi connectivity index (χ1n) is 9.05. The van der Waals surface area contributed by atoms with E-state index in [0.29, 0.717) is 12.2 Å². The number of rotatable bonds is 9. The molecular formula is C17H32N4O5S. The van der Waals surface area contributed by atoms with Crippen molar-refractivity contribution in [1.82, 2.24) is 15.5 Å². The van der Waals surface area contributed by atoms with Crippen LogP contribution in [0, 0.1) is 5.92 Å². The molecule has 156 valence electrons. The normalized spacial score (nSPS) is 16.2. The fourth-order valence-electron chi connectivity index (χ4n) is 2.45. The zero-order valence-corrected chi connectivity index (χ0v) is 17.7. The van der Waals surface area contributed by atoms with Gasteiger partial charge in [-0.3, -0.25) is 4.79 Å². The summed E-state index contributed by atoms with van der Waals surface area (Å²) < 4.78 is 29.2. The van der Waals surface area contributed by atoms with Gasteiger partial charge in [-0.15, -0.1) is 0 Å². The molecule has 0 aliphatic rings. The Morgan fingerprint density at radius 2 is 1.89 bits per heavy atom. The summed E-state index contributed by atoms with van der Waals surface area (Å²) in [5.74, 6) is -0.750. The highest BCUT2D eigenvalue weighted by molar-refractivity contribution is 7.91. The van der Waals surface area contributed by atoms with Gasteiger partial charge in [-0.2, -0.15) is 4.98 Å². The van der Waals surface area contributed by atoms with Gasteiger partial charge >= 0.3 is 0 Å². The van der Waals surface area contributed by atoms with E-state index in [2.05, 4.69) is 15.5 Å². The molecule has 0 aliphatic heterocycles. The number of carbonyl (C=O) groups excluding carboxylic acids is 1. The van der Waals surface area contributed by atoms with Crippen LogP contribution in [0.25, 0.3) is 0 Å². The van der Waals surface area contributed by atoms with Crippen molar-refractivity contribution < 1.29 is 22.8 Å². The molecule has 27 heavy (non-hydrogen) atoms. The van der Waals surface area contributed by atoms with Crippen LogP contribution < -0.4 is 11.1 Å². The van der Waals surface area contributed by atoms with Crippen LogP contribution in [0.5, 0.6) is 0 Å². The van der Waals surface area contributed by atoms with E-state index in [-0.39, 0.29) is 23.0 Å². The Labute approximate surface area is 161 Å². The summed E-state index contributed by atoms with van der Waals surface area (Å²) in [5.41, 5.74) is 5.41. The Balaban J connectivity index is 2.79. The van der Waals surface area contributed by atoms with Gasteiger partial charge < -0.3 is 20.7 Å². The molecule has 0 aromatic carbocycles. The lowest BCUT2D eigenvalue weighted by Crippen LogP contribution is -2.50. The van der Waals surface area contributed by atoms with Crippen molar-refractivity contribution >= 4 is 15.7 Å². The zero-order chi connectivity index (χ0) is 21.0. The highest BCUT2D eigenvalue weighted by Gasteiger charge is 2.31. The number of aromatic nitrogens is 2. The average Bonchev–Trinajstić information content (AvgIpc) is 2.99. The van der Waals surface area contributed by atoms with Crippen molar-refractivity contribution in [3.63, 3.8) is 0 Å². The van der Waals surface area contributed by atoms with Gasteiger partial charge in [0.05, 0.1) is 23.6 Å². The number of hydrogen-bond acceptors (Lipinski definition) is 8. The summed E-state index contributed by atoms with van der Waals surface area (Å²) in [6.07, 6.45) is -0.854. The Hall–Kier alpha value is -1.52. The number of nitrogens with one attached hydrogen (secondary N) is 1. The molecule has 1 aromatic rings. The van der Waals surface area contributed by atoms with E-state index in [0.717, 1.165) is 0 Å². The van der Waals surface area contributed by atoms with Crippen LogP contribution in [0.3, 0.4) is 0 Å². The lowest BCUT2D eigenvalue weighted by Gasteiger charge is -2.22. The minimum atomic E-state index is -3.44. The molecule has 1 rings (SSSR count). The highest BCUT2D eigenvalue weighted by Crippen LogP contribution is 2.23. The second kappa shape index (κ2) is 9.11. The van der Waals surface area contributed by atoms with Gasteiger partial charge in [0, 0.05) is 5.41 Å². The highest BCUT2D eigenvalue weighted by atomic mass is 32.2. The van der Waals surface area contributed by atoms with Crippen molar-refractivity contribution in [3.8, 4) is 0 Å². The molecule has 1 amide bonds. The fraction of sp³-hybridized carbons (Fsp3) is 0.824. The number of aliphatic hydroxyl groups excluding tert-OH is 1. The van der Waals surface area contributed by atoms with Crippen LogP contribution in [0.4, 0.5) is 0 Å². The topological polar surface area (TPSA) is 148 Å². The summed E-state index contributed by atoms with van der Waals surface area (Å²) in [7, 11) is -3.44. The summed E-state index contributed by atoms with van der Waals surface area (Å²) in [4.78, 5) is 16.5. The number of nitrogens with two attached hydrogens (primary N) is 1. The molecule has 0 spiro atoms. The zero-order valence-electron chi connectivity index (χ0n) is 16.9. The second-order valence-corrected chi connectivity index (χ2v) is 10.4. The van der Waals surface area contributed by atoms with Crippen LogP contribution in [0.1, 0.15) is 65.8 Å². The first kappa shape index (κ1) is 23.5. The molecular weight excluding hydrogens is 372 g/mol. The molecule has 0 saturated carbocycles. The molecule has 3 atom stereocenters.